The fourth-order valence-electron chi connectivity index (χ4n) is 1.74. The smallest absolute Gasteiger partial charge is 0.123 e. The number of aliphatic hydroxyl groups excluding tert-OH is 1. The van der Waals surface area contributed by atoms with Crippen molar-refractivity contribution in [3.05, 3.63) is 40.4 Å². The van der Waals surface area contributed by atoms with Gasteiger partial charge in [-0.3, -0.25) is 0 Å². The largest absolute Gasteiger partial charge is 0.394 e. The number of hydrogen-bond acceptors (Lipinski definition) is 4. The highest BCUT2D eigenvalue weighted by Gasteiger charge is 2.14. The van der Waals surface area contributed by atoms with Crippen molar-refractivity contribution >= 4 is 11.3 Å². The van der Waals surface area contributed by atoms with Crippen molar-refractivity contribution in [2.45, 2.75) is 19.9 Å². The van der Waals surface area contributed by atoms with Gasteiger partial charge in [0.1, 0.15) is 5.01 Å². The van der Waals surface area contributed by atoms with Crippen molar-refractivity contribution in [3.63, 3.8) is 0 Å². The van der Waals surface area contributed by atoms with E-state index in [2.05, 4.69) is 24.0 Å². The highest BCUT2D eigenvalue weighted by Crippen LogP contribution is 2.31. The van der Waals surface area contributed by atoms with Crippen molar-refractivity contribution < 1.29 is 5.11 Å². The number of nitrogens with two attached hydrogens (primary N) is 1. The summed E-state index contributed by atoms with van der Waals surface area (Å²) in [4.78, 5) is 5.48. The van der Waals surface area contributed by atoms with Gasteiger partial charge in [0.25, 0.3) is 0 Å². The Bertz CT molecular complexity index is 522. The van der Waals surface area contributed by atoms with Gasteiger partial charge in [0.2, 0.25) is 0 Å². The van der Waals surface area contributed by atoms with E-state index >= 15 is 0 Å². The van der Waals surface area contributed by atoms with Crippen molar-refractivity contribution in [3.8, 4) is 10.6 Å². The van der Waals surface area contributed by atoms with Crippen LogP contribution in [0.2, 0.25) is 0 Å². The average molecular weight is 248 g/mol. The second-order valence-corrected chi connectivity index (χ2v) is 5.16. The zero-order chi connectivity index (χ0) is 12.4. The normalized spacial score (nSPS) is 12.7. The quantitative estimate of drug-likeness (QED) is 0.877. The van der Waals surface area contributed by atoms with Gasteiger partial charge < -0.3 is 10.8 Å². The van der Waals surface area contributed by atoms with Gasteiger partial charge in [-0.2, -0.15) is 0 Å². The molecule has 0 spiro atoms. The van der Waals surface area contributed by atoms with Crippen molar-refractivity contribution in [1.82, 2.24) is 4.98 Å². The van der Waals surface area contributed by atoms with Gasteiger partial charge in [-0.1, -0.05) is 23.8 Å². The van der Waals surface area contributed by atoms with E-state index in [4.69, 9.17) is 10.8 Å². The molecule has 0 aliphatic heterocycles. The summed E-state index contributed by atoms with van der Waals surface area (Å²) < 4.78 is 0. The van der Waals surface area contributed by atoms with Crippen LogP contribution in [-0.2, 0) is 0 Å². The van der Waals surface area contributed by atoms with Crippen LogP contribution in [0.5, 0.6) is 0 Å². The van der Waals surface area contributed by atoms with E-state index in [1.165, 1.54) is 5.56 Å². The molecule has 1 atom stereocenters. The molecule has 3 nitrogen and oxygen atoms in total. The summed E-state index contributed by atoms with van der Waals surface area (Å²) in [7, 11) is 0. The minimum Gasteiger partial charge on any atom is -0.394 e. The summed E-state index contributed by atoms with van der Waals surface area (Å²) in [6.07, 6.45) is 0. The summed E-state index contributed by atoms with van der Waals surface area (Å²) in [5, 5.41) is 10.1. The van der Waals surface area contributed by atoms with Gasteiger partial charge in [-0.25, -0.2) is 4.98 Å². The zero-order valence-electron chi connectivity index (χ0n) is 9.97. The van der Waals surface area contributed by atoms with Gasteiger partial charge in [0.05, 0.1) is 18.3 Å². The molecule has 0 aliphatic carbocycles. The average Bonchev–Trinajstić information content (AvgIpc) is 2.70. The molecule has 0 radical (unpaired) electrons. The highest BCUT2D eigenvalue weighted by molar-refractivity contribution is 7.15. The van der Waals surface area contributed by atoms with E-state index in [0.29, 0.717) is 0 Å². The van der Waals surface area contributed by atoms with E-state index in [1.54, 1.807) is 11.3 Å². The van der Waals surface area contributed by atoms with Crippen LogP contribution in [0.1, 0.15) is 22.2 Å². The molecule has 3 N–H and O–H groups in total. The maximum absolute atomic E-state index is 9.09. The van der Waals surface area contributed by atoms with Gasteiger partial charge in [-0.05, 0) is 19.9 Å². The van der Waals surface area contributed by atoms with Crippen molar-refractivity contribution in [1.29, 1.82) is 0 Å². The molecule has 1 heterocycles. The Balaban J connectivity index is 2.41. The Labute approximate surface area is 105 Å². The first-order chi connectivity index (χ1) is 8.11. The van der Waals surface area contributed by atoms with Crippen molar-refractivity contribution in [2.75, 3.05) is 6.61 Å². The fraction of sp³-hybridized carbons (Fsp3) is 0.308. The second-order valence-electron chi connectivity index (χ2n) is 4.13. The predicted molar refractivity (Wildman–Crippen MR) is 71.0 cm³/mol. The zero-order valence-corrected chi connectivity index (χ0v) is 10.8. The Hall–Kier alpha value is -1.23. The lowest BCUT2D eigenvalue weighted by Crippen LogP contribution is -2.13. The summed E-state index contributed by atoms with van der Waals surface area (Å²) in [6.45, 7) is 3.95. The van der Waals surface area contributed by atoms with Gasteiger partial charge in [-0.15, -0.1) is 11.3 Å². The summed E-state index contributed by atoms with van der Waals surface area (Å²) in [6, 6.07) is 7.90. The molecule has 2 rings (SSSR count). The van der Waals surface area contributed by atoms with Gasteiger partial charge in [0, 0.05) is 10.4 Å². The molecule has 0 fully saturated rings. The Morgan fingerprint density at radius 2 is 2.18 bits per heavy atom. The van der Waals surface area contributed by atoms with Crippen LogP contribution in [0.15, 0.2) is 24.3 Å². The molecule has 0 saturated carbocycles. The molecule has 0 saturated heterocycles. The first-order valence-corrected chi connectivity index (χ1v) is 6.34. The predicted octanol–water partition coefficient (Wildman–Crippen LogP) is 2.42. The molecular formula is C13H16N2OS. The molecule has 1 aromatic carbocycles. The molecule has 17 heavy (non-hydrogen) atoms. The second kappa shape index (κ2) is 4.96. The molecule has 0 amide bonds. The SMILES string of the molecule is Cc1cccc(-c2nc(C)c(C(N)CO)s2)c1. The lowest BCUT2D eigenvalue weighted by molar-refractivity contribution is 0.269. The molecule has 2 aromatic rings. The number of aromatic nitrogens is 1. The van der Waals surface area contributed by atoms with Crippen LogP contribution in [0.25, 0.3) is 10.6 Å². The van der Waals surface area contributed by atoms with Crippen LogP contribution >= 0.6 is 11.3 Å². The standard InChI is InChI=1S/C13H16N2OS/c1-8-4-3-5-10(6-8)13-15-9(2)12(17-13)11(14)7-16/h3-6,11,16H,7,14H2,1-2H3. The van der Waals surface area contributed by atoms with E-state index in [-0.39, 0.29) is 12.6 Å². The van der Waals surface area contributed by atoms with Crippen LogP contribution < -0.4 is 5.73 Å². The Morgan fingerprint density at radius 3 is 2.82 bits per heavy atom. The summed E-state index contributed by atoms with van der Waals surface area (Å²) >= 11 is 1.56. The molecule has 1 aromatic heterocycles. The van der Waals surface area contributed by atoms with E-state index in [1.807, 2.05) is 19.1 Å². The van der Waals surface area contributed by atoms with Crippen LogP contribution in [0.3, 0.4) is 0 Å². The maximum Gasteiger partial charge on any atom is 0.123 e. The maximum atomic E-state index is 9.09. The number of hydrogen-bond donors (Lipinski definition) is 2. The molecule has 0 bridgehead atoms. The van der Waals surface area contributed by atoms with Gasteiger partial charge in [0.15, 0.2) is 0 Å². The lowest BCUT2D eigenvalue weighted by atomic mass is 10.1. The van der Waals surface area contributed by atoms with Crippen LogP contribution in [-0.4, -0.2) is 16.7 Å². The number of aryl methyl sites for hydroxylation is 2. The molecule has 4 heteroatoms. The Morgan fingerprint density at radius 1 is 1.41 bits per heavy atom. The fourth-order valence-corrected chi connectivity index (χ4v) is 2.79. The summed E-state index contributed by atoms with van der Waals surface area (Å²) in [5.41, 5.74) is 9.06. The topological polar surface area (TPSA) is 59.1 Å². The minimum absolute atomic E-state index is 0.0453. The number of aliphatic hydroxyl groups is 1. The van der Waals surface area contributed by atoms with Crippen molar-refractivity contribution in [2.24, 2.45) is 5.73 Å². The van der Waals surface area contributed by atoms with E-state index in [9.17, 15) is 0 Å². The lowest BCUT2D eigenvalue weighted by Gasteiger charge is -2.04. The van der Waals surface area contributed by atoms with Crippen LogP contribution in [0, 0.1) is 13.8 Å². The number of nitrogens with zero attached hydrogens (tertiary/aromatic N) is 1. The third-order valence-electron chi connectivity index (χ3n) is 2.63. The number of benzene rings is 1. The third kappa shape index (κ3) is 2.54. The number of thiazole rings is 1. The number of rotatable bonds is 3. The first-order valence-electron chi connectivity index (χ1n) is 5.52. The molecule has 0 aliphatic rings. The monoisotopic (exact) mass is 248 g/mol. The van der Waals surface area contributed by atoms with E-state index < -0.39 is 0 Å². The molecular weight excluding hydrogens is 232 g/mol. The molecule has 90 valence electrons. The Kier molecular flexibility index (Phi) is 3.57. The van der Waals surface area contributed by atoms with Crippen LogP contribution in [0.4, 0.5) is 0 Å². The highest BCUT2D eigenvalue weighted by atomic mass is 32.1. The minimum atomic E-state index is -0.328. The van der Waals surface area contributed by atoms with E-state index in [0.717, 1.165) is 21.1 Å². The first kappa shape index (κ1) is 12.2. The van der Waals surface area contributed by atoms with Gasteiger partial charge >= 0.3 is 0 Å². The molecule has 1 unspecified atom stereocenters. The third-order valence-corrected chi connectivity index (χ3v) is 3.97. The summed E-state index contributed by atoms with van der Waals surface area (Å²) in [5.74, 6) is 0.